The van der Waals surface area contributed by atoms with Gasteiger partial charge in [0.2, 0.25) is 0 Å². The number of aromatic amines is 1. The highest BCUT2D eigenvalue weighted by Gasteiger charge is 2.08. The van der Waals surface area contributed by atoms with Crippen LogP contribution < -0.4 is 16.0 Å². The Labute approximate surface area is 168 Å². The van der Waals surface area contributed by atoms with Crippen LogP contribution in [0.2, 0.25) is 5.02 Å². The van der Waals surface area contributed by atoms with Crippen LogP contribution in [0.3, 0.4) is 0 Å². The predicted molar refractivity (Wildman–Crippen MR) is 110 cm³/mol. The molecule has 2 amide bonds. The van der Waals surface area contributed by atoms with E-state index in [2.05, 4.69) is 41.1 Å². The number of carbonyl (C=O) groups excluding carboxylic acids is 1. The van der Waals surface area contributed by atoms with Gasteiger partial charge in [0.1, 0.15) is 17.4 Å². The first-order valence-corrected chi connectivity index (χ1v) is 9.53. The van der Waals surface area contributed by atoms with Crippen LogP contribution in [0.15, 0.2) is 43.0 Å². The second kappa shape index (κ2) is 8.19. The summed E-state index contributed by atoms with van der Waals surface area (Å²) in [6, 6.07) is 6.56. The number of benzene rings is 1. The van der Waals surface area contributed by atoms with E-state index in [1.807, 2.05) is 0 Å². The molecule has 0 aliphatic carbocycles. The first-order valence-electron chi connectivity index (χ1n) is 8.33. The Bertz CT molecular complexity index is 1110. The molecule has 4 N–H and O–H groups in total. The molecule has 1 aromatic carbocycles. The zero-order chi connectivity index (χ0) is 19.3. The second-order valence-corrected chi connectivity index (χ2v) is 7.30. The van der Waals surface area contributed by atoms with Crippen LogP contribution >= 0.6 is 22.9 Å². The van der Waals surface area contributed by atoms with Gasteiger partial charge in [-0.25, -0.2) is 19.7 Å². The molecule has 9 nitrogen and oxygen atoms in total. The molecular weight excluding hydrogens is 400 g/mol. The molecule has 3 aromatic heterocycles. The van der Waals surface area contributed by atoms with Crippen molar-refractivity contribution >= 4 is 56.6 Å². The number of carbonyl (C=O) groups is 1. The van der Waals surface area contributed by atoms with Crippen LogP contribution in [0.4, 0.5) is 21.4 Å². The van der Waals surface area contributed by atoms with Gasteiger partial charge in [-0.15, -0.1) is 11.3 Å². The van der Waals surface area contributed by atoms with E-state index in [0.29, 0.717) is 28.2 Å². The maximum absolute atomic E-state index is 12.1. The Hall–Kier alpha value is -3.24. The average Bonchev–Trinajstić information content (AvgIpc) is 3.31. The summed E-state index contributed by atoms with van der Waals surface area (Å²) in [6.07, 6.45) is 5.62. The van der Waals surface area contributed by atoms with E-state index in [1.54, 1.807) is 36.7 Å². The third-order valence-corrected chi connectivity index (χ3v) is 4.97. The van der Waals surface area contributed by atoms with Gasteiger partial charge in [-0.2, -0.15) is 5.10 Å². The van der Waals surface area contributed by atoms with Gasteiger partial charge < -0.3 is 10.6 Å². The van der Waals surface area contributed by atoms with Gasteiger partial charge >= 0.3 is 6.03 Å². The van der Waals surface area contributed by atoms with E-state index in [1.165, 1.54) is 17.7 Å². The van der Waals surface area contributed by atoms with Crippen LogP contribution in [0, 0.1) is 0 Å². The summed E-state index contributed by atoms with van der Waals surface area (Å²) >= 11 is 7.32. The summed E-state index contributed by atoms with van der Waals surface area (Å²) in [7, 11) is 0. The molecule has 0 spiro atoms. The lowest BCUT2D eigenvalue weighted by atomic mass is 10.3. The van der Waals surface area contributed by atoms with E-state index in [0.717, 1.165) is 22.3 Å². The highest BCUT2D eigenvalue weighted by Crippen LogP contribution is 2.20. The fourth-order valence-corrected chi connectivity index (χ4v) is 3.51. The Kier molecular flexibility index (Phi) is 5.31. The minimum Gasteiger partial charge on any atom is -0.368 e. The van der Waals surface area contributed by atoms with E-state index < -0.39 is 0 Å². The molecule has 0 atom stereocenters. The van der Waals surface area contributed by atoms with Crippen LogP contribution in [-0.4, -0.2) is 37.7 Å². The fourth-order valence-electron chi connectivity index (χ4n) is 2.51. The number of urea groups is 1. The SMILES string of the molecule is O=C(Nc1cccc(Cl)c1)Nc1ncc(CCNc2ncnc3cn[nH]c23)s1. The lowest BCUT2D eigenvalue weighted by molar-refractivity contribution is 0.262. The zero-order valence-electron chi connectivity index (χ0n) is 14.4. The zero-order valence-corrected chi connectivity index (χ0v) is 16.0. The van der Waals surface area contributed by atoms with Crippen molar-refractivity contribution in [1.82, 2.24) is 25.1 Å². The number of aromatic nitrogens is 5. The molecule has 0 unspecified atom stereocenters. The van der Waals surface area contributed by atoms with Crippen molar-refractivity contribution in [3.63, 3.8) is 0 Å². The number of fused-ring (bicyclic) bond motifs is 1. The number of nitrogens with one attached hydrogen (secondary N) is 4. The number of hydrogen-bond acceptors (Lipinski definition) is 7. The summed E-state index contributed by atoms with van der Waals surface area (Å²) in [4.78, 5) is 25.7. The summed E-state index contributed by atoms with van der Waals surface area (Å²) in [5.41, 5.74) is 2.14. The quantitative estimate of drug-likeness (QED) is 0.381. The lowest BCUT2D eigenvalue weighted by Crippen LogP contribution is -2.19. The summed E-state index contributed by atoms with van der Waals surface area (Å²) in [5, 5.41) is 16.6. The van der Waals surface area contributed by atoms with Crippen molar-refractivity contribution in [2.24, 2.45) is 0 Å². The van der Waals surface area contributed by atoms with Gasteiger partial charge in [0.15, 0.2) is 10.9 Å². The largest absolute Gasteiger partial charge is 0.368 e. The Morgan fingerprint density at radius 3 is 3.00 bits per heavy atom. The van der Waals surface area contributed by atoms with Crippen molar-refractivity contribution in [1.29, 1.82) is 0 Å². The van der Waals surface area contributed by atoms with Crippen LogP contribution in [0.25, 0.3) is 11.0 Å². The molecule has 0 aliphatic heterocycles. The van der Waals surface area contributed by atoms with Crippen molar-refractivity contribution < 1.29 is 4.79 Å². The lowest BCUT2D eigenvalue weighted by Gasteiger charge is -2.05. The molecule has 3 heterocycles. The molecule has 4 aromatic rings. The van der Waals surface area contributed by atoms with Crippen molar-refractivity contribution in [2.75, 3.05) is 22.5 Å². The van der Waals surface area contributed by atoms with Gasteiger partial charge in [0.25, 0.3) is 0 Å². The number of hydrogen-bond donors (Lipinski definition) is 4. The van der Waals surface area contributed by atoms with E-state index in [4.69, 9.17) is 11.6 Å². The minimum absolute atomic E-state index is 0.371. The van der Waals surface area contributed by atoms with E-state index in [-0.39, 0.29) is 6.03 Å². The van der Waals surface area contributed by atoms with Crippen LogP contribution in [-0.2, 0) is 6.42 Å². The van der Waals surface area contributed by atoms with Gasteiger partial charge in [-0.05, 0) is 18.2 Å². The number of amides is 2. The number of anilines is 3. The predicted octanol–water partition coefficient (Wildman–Crippen LogP) is 3.76. The third kappa shape index (κ3) is 4.35. The molecule has 0 radical (unpaired) electrons. The number of rotatable bonds is 6. The van der Waals surface area contributed by atoms with Gasteiger partial charge in [0.05, 0.1) is 6.20 Å². The molecule has 11 heteroatoms. The van der Waals surface area contributed by atoms with Crippen LogP contribution in [0.5, 0.6) is 0 Å². The Balaban J connectivity index is 1.29. The summed E-state index contributed by atoms with van der Waals surface area (Å²) in [6.45, 7) is 0.654. The van der Waals surface area contributed by atoms with Crippen molar-refractivity contribution in [3.05, 3.63) is 52.9 Å². The second-order valence-electron chi connectivity index (χ2n) is 5.75. The molecule has 0 aliphatic rings. The molecule has 0 bridgehead atoms. The van der Waals surface area contributed by atoms with Gasteiger partial charge in [0, 0.05) is 34.7 Å². The number of H-pyrrole nitrogens is 1. The van der Waals surface area contributed by atoms with Crippen molar-refractivity contribution in [3.8, 4) is 0 Å². The maximum atomic E-state index is 12.1. The molecule has 28 heavy (non-hydrogen) atoms. The third-order valence-electron chi connectivity index (χ3n) is 3.76. The minimum atomic E-state index is -0.371. The smallest absolute Gasteiger partial charge is 0.325 e. The topological polar surface area (TPSA) is 121 Å². The fraction of sp³-hybridized carbons (Fsp3) is 0.118. The number of halogens is 1. The molecular formula is C17H15ClN8OS. The molecule has 4 rings (SSSR count). The van der Waals surface area contributed by atoms with Crippen LogP contribution in [0.1, 0.15) is 4.88 Å². The first kappa shape index (κ1) is 18.1. The standard InChI is InChI=1S/C17H15ClN8OS/c18-10-2-1-3-11(6-10)24-16(27)25-17-20-7-12(28-17)4-5-19-15-14-13(8-23-26-14)21-9-22-15/h1-3,6-9H,4-5H2,(H,23,26)(H,19,21,22)(H2,20,24,25,27). The molecule has 0 saturated heterocycles. The maximum Gasteiger partial charge on any atom is 0.325 e. The summed E-state index contributed by atoms with van der Waals surface area (Å²) < 4.78 is 0. The summed E-state index contributed by atoms with van der Waals surface area (Å²) in [5.74, 6) is 0.700. The highest BCUT2D eigenvalue weighted by molar-refractivity contribution is 7.15. The monoisotopic (exact) mass is 414 g/mol. The van der Waals surface area contributed by atoms with E-state index >= 15 is 0 Å². The first-order chi connectivity index (χ1) is 13.7. The number of nitrogens with zero attached hydrogens (tertiary/aromatic N) is 4. The normalized spacial score (nSPS) is 10.8. The van der Waals surface area contributed by atoms with Crippen molar-refractivity contribution in [2.45, 2.75) is 6.42 Å². The van der Waals surface area contributed by atoms with Gasteiger partial charge in [-0.1, -0.05) is 17.7 Å². The molecule has 0 fully saturated rings. The Morgan fingerprint density at radius 2 is 2.11 bits per heavy atom. The van der Waals surface area contributed by atoms with E-state index in [9.17, 15) is 4.79 Å². The number of thiazole rings is 1. The molecule has 0 saturated carbocycles. The average molecular weight is 415 g/mol. The van der Waals surface area contributed by atoms with Gasteiger partial charge in [-0.3, -0.25) is 10.4 Å². The Morgan fingerprint density at radius 1 is 1.18 bits per heavy atom. The highest BCUT2D eigenvalue weighted by atomic mass is 35.5. The molecule has 142 valence electrons.